The van der Waals surface area contributed by atoms with Gasteiger partial charge in [-0.25, -0.2) is 0 Å². The minimum absolute atomic E-state index is 0.190. The molecule has 0 N–H and O–H groups in total. The Kier molecular flexibility index (Phi) is 6.81. The molecule has 4 rings (SSSR count). The Hall–Kier alpha value is -2.53. The highest BCUT2D eigenvalue weighted by atomic mass is 16.6. The second-order valence-corrected chi connectivity index (χ2v) is 9.06. The maximum Gasteiger partial charge on any atom is 0.232 e. The summed E-state index contributed by atoms with van der Waals surface area (Å²) in [6.45, 7) is 9.86. The lowest BCUT2D eigenvalue weighted by molar-refractivity contribution is -0.136. The quantitative estimate of drug-likeness (QED) is 0.708. The lowest BCUT2D eigenvalue weighted by Crippen LogP contribution is -2.45. The minimum Gasteiger partial charge on any atom is -0.486 e. The van der Waals surface area contributed by atoms with Gasteiger partial charge in [0.15, 0.2) is 11.5 Å². The number of nitrogens with zero attached hydrogens (tertiary/aromatic N) is 2. The van der Waals surface area contributed by atoms with Gasteiger partial charge in [0.1, 0.15) is 13.2 Å². The van der Waals surface area contributed by atoms with Crippen molar-refractivity contribution in [3.8, 4) is 11.5 Å². The van der Waals surface area contributed by atoms with Crippen LogP contribution in [0.1, 0.15) is 37.8 Å². The van der Waals surface area contributed by atoms with E-state index in [2.05, 4.69) is 35.2 Å². The molecule has 166 valence electrons. The third-order valence-electron chi connectivity index (χ3n) is 6.46. The van der Waals surface area contributed by atoms with Gasteiger partial charge in [-0.05, 0) is 69.5 Å². The van der Waals surface area contributed by atoms with Crippen LogP contribution in [0.15, 0.2) is 48.5 Å². The van der Waals surface area contributed by atoms with Crippen molar-refractivity contribution < 1.29 is 14.3 Å². The number of carbonyl (C=O) groups excluding carboxylic acids is 1. The van der Waals surface area contributed by atoms with E-state index in [4.69, 9.17) is 9.47 Å². The molecule has 1 fully saturated rings. The molecule has 2 heterocycles. The molecule has 2 aromatic carbocycles. The Morgan fingerprint density at radius 1 is 0.935 bits per heavy atom. The van der Waals surface area contributed by atoms with Crippen molar-refractivity contribution in [2.45, 2.75) is 38.5 Å². The number of amides is 1. The fourth-order valence-electron chi connectivity index (χ4n) is 4.50. The van der Waals surface area contributed by atoms with Gasteiger partial charge < -0.3 is 19.3 Å². The normalized spacial score (nSPS) is 17.3. The van der Waals surface area contributed by atoms with Crippen LogP contribution in [0, 0.1) is 0 Å². The highest BCUT2D eigenvalue weighted by Gasteiger charge is 2.35. The Morgan fingerprint density at radius 2 is 1.71 bits per heavy atom. The number of benzene rings is 2. The van der Waals surface area contributed by atoms with Crippen LogP contribution in [-0.2, 0) is 16.6 Å². The van der Waals surface area contributed by atoms with Crippen molar-refractivity contribution in [3.05, 3.63) is 59.7 Å². The molecule has 1 saturated heterocycles. The molecule has 0 radical (unpaired) electrons. The molecule has 2 aromatic rings. The first-order valence-corrected chi connectivity index (χ1v) is 11.5. The monoisotopic (exact) mass is 422 g/mol. The van der Waals surface area contributed by atoms with Gasteiger partial charge in [-0.2, -0.15) is 0 Å². The highest BCUT2D eigenvalue weighted by molar-refractivity contribution is 5.87. The summed E-state index contributed by atoms with van der Waals surface area (Å²) in [5.41, 5.74) is 1.78. The second-order valence-electron chi connectivity index (χ2n) is 9.06. The Bertz CT molecular complexity index is 881. The molecular weight excluding hydrogens is 388 g/mol. The summed E-state index contributed by atoms with van der Waals surface area (Å²) in [5, 5.41) is 0. The maximum atomic E-state index is 13.5. The van der Waals surface area contributed by atoms with E-state index in [-0.39, 0.29) is 5.91 Å². The van der Waals surface area contributed by atoms with Crippen LogP contribution in [0.3, 0.4) is 0 Å². The van der Waals surface area contributed by atoms with Crippen LogP contribution < -0.4 is 9.47 Å². The molecule has 0 bridgehead atoms. The number of hydrogen-bond acceptors (Lipinski definition) is 4. The zero-order chi connectivity index (χ0) is 21.7. The van der Waals surface area contributed by atoms with E-state index in [1.807, 2.05) is 36.9 Å². The fraction of sp³-hybridized carbons (Fsp3) is 0.500. The van der Waals surface area contributed by atoms with Crippen LogP contribution in [0.2, 0.25) is 0 Å². The summed E-state index contributed by atoms with van der Waals surface area (Å²) < 4.78 is 11.4. The van der Waals surface area contributed by atoms with Gasteiger partial charge in [-0.1, -0.05) is 36.4 Å². The number of ether oxygens (including phenoxy) is 2. The molecule has 0 unspecified atom stereocenters. The predicted molar refractivity (Wildman–Crippen MR) is 123 cm³/mol. The lowest BCUT2D eigenvalue weighted by atomic mass is 9.83. The maximum absolute atomic E-state index is 13.5. The Balaban J connectivity index is 1.33. The van der Waals surface area contributed by atoms with Gasteiger partial charge in [-0.3, -0.25) is 4.79 Å². The second kappa shape index (κ2) is 9.73. The summed E-state index contributed by atoms with van der Waals surface area (Å²) in [5.74, 6) is 1.69. The molecule has 5 heteroatoms. The lowest BCUT2D eigenvalue weighted by Gasteiger charge is -2.32. The van der Waals surface area contributed by atoms with Crippen molar-refractivity contribution >= 4 is 5.91 Å². The number of fused-ring (bicyclic) bond motifs is 1. The molecule has 31 heavy (non-hydrogen) atoms. The van der Waals surface area contributed by atoms with E-state index in [0.29, 0.717) is 13.2 Å². The smallest absolute Gasteiger partial charge is 0.232 e. The molecule has 0 saturated carbocycles. The van der Waals surface area contributed by atoms with Gasteiger partial charge in [0.05, 0.1) is 5.41 Å². The predicted octanol–water partition coefficient (Wildman–Crippen LogP) is 3.90. The van der Waals surface area contributed by atoms with E-state index in [1.165, 1.54) is 5.56 Å². The van der Waals surface area contributed by atoms with Gasteiger partial charge in [0.2, 0.25) is 5.91 Å². The molecule has 0 aliphatic carbocycles. The topological polar surface area (TPSA) is 42.0 Å². The molecular formula is C26H34N2O3. The van der Waals surface area contributed by atoms with Crippen LogP contribution in [0.4, 0.5) is 0 Å². The molecule has 0 atom stereocenters. The van der Waals surface area contributed by atoms with Crippen LogP contribution in [-0.4, -0.2) is 61.6 Å². The standard InChI is InChI=1S/C26H34N2O3/c1-26(2,22-11-12-23-24(20-22)31-19-18-30-23)25(29)28-15-7-14-27(16-17-28)13-6-10-21-8-4-3-5-9-21/h3-5,8-9,11-12,20H,6-7,10,13-19H2,1-2H3. The van der Waals surface area contributed by atoms with Crippen LogP contribution >= 0.6 is 0 Å². The summed E-state index contributed by atoms with van der Waals surface area (Å²) in [7, 11) is 0. The Morgan fingerprint density at radius 3 is 2.52 bits per heavy atom. The van der Waals surface area contributed by atoms with E-state index in [1.54, 1.807) is 0 Å². The summed E-state index contributed by atoms with van der Waals surface area (Å²) >= 11 is 0. The number of hydrogen-bond donors (Lipinski definition) is 0. The van der Waals surface area contributed by atoms with Crippen molar-refractivity contribution in [2.75, 3.05) is 45.9 Å². The molecule has 0 aromatic heterocycles. The number of aryl methyl sites for hydroxylation is 1. The zero-order valence-electron chi connectivity index (χ0n) is 18.8. The Labute approximate surface area is 185 Å². The fourth-order valence-corrected chi connectivity index (χ4v) is 4.50. The SMILES string of the molecule is CC(C)(C(=O)N1CCCN(CCCc2ccccc2)CC1)c1ccc2c(c1)OCCO2. The van der Waals surface area contributed by atoms with E-state index in [0.717, 1.165) is 69.0 Å². The molecule has 5 nitrogen and oxygen atoms in total. The third-order valence-corrected chi connectivity index (χ3v) is 6.46. The van der Waals surface area contributed by atoms with E-state index < -0.39 is 5.41 Å². The highest BCUT2D eigenvalue weighted by Crippen LogP contribution is 2.36. The first kappa shape index (κ1) is 21.7. The number of carbonyl (C=O) groups is 1. The zero-order valence-corrected chi connectivity index (χ0v) is 18.8. The molecule has 1 amide bonds. The molecule has 2 aliphatic rings. The van der Waals surface area contributed by atoms with Gasteiger partial charge in [0, 0.05) is 19.6 Å². The summed E-state index contributed by atoms with van der Waals surface area (Å²) in [6, 6.07) is 16.6. The van der Waals surface area contributed by atoms with Gasteiger partial charge >= 0.3 is 0 Å². The van der Waals surface area contributed by atoms with E-state index in [9.17, 15) is 4.79 Å². The number of rotatable bonds is 6. The van der Waals surface area contributed by atoms with Gasteiger partial charge in [-0.15, -0.1) is 0 Å². The molecule has 0 spiro atoms. The first-order chi connectivity index (χ1) is 15.0. The average Bonchev–Trinajstić information content (AvgIpc) is 3.04. The average molecular weight is 423 g/mol. The minimum atomic E-state index is -0.599. The third kappa shape index (κ3) is 5.21. The molecule has 2 aliphatic heterocycles. The largest absolute Gasteiger partial charge is 0.486 e. The summed E-state index contributed by atoms with van der Waals surface area (Å²) in [6.07, 6.45) is 3.28. The first-order valence-electron chi connectivity index (χ1n) is 11.5. The van der Waals surface area contributed by atoms with Crippen LogP contribution in [0.5, 0.6) is 11.5 Å². The summed E-state index contributed by atoms with van der Waals surface area (Å²) in [4.78, 5) is 18.0. The van der Waals surface area contributed by atoms with Crippen molar-refractivity contribution in [1.29, 1.82) is 0 Å². The van der Waals surface area contributed by atoms with Crippen LogP contribution in [0.25, 0.3) is 0 Å². The van der Waals surface area contributed by atoms with E-state index >= 15 is 0 Å². The van der Waals surface area contributed by atoms with Crippen molar-refractivity contribution in [1.82, 2.24) is 9.80 Å². The van der Waals surface area contributed by atoms with Gasteiger partial charge in [0.25, 0.3) is 0 Å². The van der Waals surface area contributed by atoms with Crippen molar-refractivity contribution in [3.63, 3.8) is 0 Å². The van der Waals surface area contributed by atoms with Crippen molar-refractivity contribution in [2.24, 2.45) is 0 Å².